The Kier molecular flexibility index (Phi) is 9.09. The number of hydrogen-bond donors (Lipinski definition) is 3. The normalized spacial score (nSPS) is 17.6. The van der Waals surface area contributed by atoms with Crippen LogP contribution in [0.3, 0.4) is 0 Å². The first-order chi connectivity index (χ1) is 13.6. The topological polar surface area (TPSA) is 72.8 Å². The van der Waals surface area contributed by atoms with Gasteiger partial charge in [-0.25, -0.2) is 9.37 Å². The van der Waals surface area contributed by atoms with Gasteiger partial charge in [0.15, 0.2) is 17.6 Å². The van der Waals surface area contributed by atoms with Crippen LogP contribution < -0.4 is 15.5 Å². The third-order valence-electron chi connectivity index (χ3n) is 4.80. The van der Waals surface area contributed by atoms with Crippen LogP contribution in [0.4, 0.5) is 10.2 Å². The van der Waals surface area contributed by atoms with Crippen molar-refractivity contribution in [1.82, 2.24) is 15.6 Å². The van der Waals surface area contributed by atoms with E-state index in [9.17, 15) is 9.50 Å². The lowest BCUT2D eigenvalue weighted by molar-refractivity contribution is 0.187. The molecule has 0 amide bonds. The van der Waals surface area contributed by atoms with Gasteiger partial charge in [0, 0.05) is 31.9 Å². The van der Waals surface area contributed by atoms with Crippen molar-refractivity contribution in [1.29, 1.82) is 0 Å². The molecule has 1 saturated heterocycles. The monoisotopic (exact) mass is 513 g/mol. The molecule has 1 aliphatic rings. The Hall–Kier alpha value is -1.94. The number of aliphatic imine (C=N–C) groups is 1. The van der Waals surface area contributed by atoms with E-state index in [2.05, 4.69) is 20.6 Å². The van der Waals surface area contributed by atoms with E-state index in [1.165, 1.54) is 6.07 Å². The highest BCUT2D eigenvalue weighted by molar-refractivity contribution is 14.0. The van der Waals surface area contributed by atoms with E-state index in [1.54, 1.807) is 12.3 Å². The summed E-state index contributed by atoms with van der Waals surface area (Å²) in [6, 6.07) is 11.0. The molecule has 3 rings (SSSR count). The minimum atomic E-state index is -0.654. The fourth-order valence-corrected chi connectivity index (χ4v) is 3.27. The van der Waals surface area contributed by atoms with Crippen LogP contribution in [0.1, 0.15) is 30.6 Å². The number of halogens is 2. The summed E-state index contributed by atoms with van der Waals surface area (Å²) in [5.74, 6) is 0.746. The number of hydrogen-bond acceptors (Lipinski definition) is 4. The van der Waals surface area contributed by atoms with E-state index in [0.29, 0.717) is 18.3 Å². The molecule has 0 saturated carbocycles. The Morgan fingerprint density at radius 2 is 2.10 bits per heavy atom. The highest BCUT2D eigenvalue weighted by Crippen LogP contribution is 2.20. The van der Waals surface area contributed by atoms with Gasteiger partial charge in [-0.1, -0.05) is 29.8 Å². The minimum Gasteiger partial charge on any atom is -0.386 e. The lowest BCUT2D eigenvalue weighted by atomic mass is 10.1. The molecule has 2 atom stereocenters. The van der Waals surface area contributed by atoms with E-state index < -0.39 is 6.10 Å². The molecule has 1 fully saturated rings. The molecule has 1 aromatic heterocycles. The Balaban J connectivity index is 0.00000300. The largest absolute Gasteiger partial charge is 0.386 e. The first-order valence-electron chi connectivity index (χ1n) is 9.71. The molecule has 29 heavy (non-hydrogen) atoms. The summed E-state index contributed by atoms with van der Waals surface area (Å²) in [5.41, 5.74) is 2.01. The van der Waals surface area contributed by atoms with Gasteiger partial charge in [0.2, 0.25) is 0 Å². The summed E-state index contributed by atoms with van der Waals surface area (Å²) in [5, 5.41) is 17.0. The first kappa shape index (κ1) is 23.3. The molecule has 0 bridgehead atoms. The number of aromatic nitrogens is 1. The number of guanidine groups is 1. The molecule has 0 radical (unpaired) electrons. The van der Waals surface area contributed by atoms with Gasteiger partial charge in [0.05, 0.1) is 12.6 Å². The number of aryl methyl sites for hydroxylation is 1. The maximum atomic E-state index is 14.0. The van der Waals surface area contributed by atoms with Gasteiger partial charge >= 0.3 is 0 Å². The fourth-order valence-electron chi connectivity index (χ4n) is 3.27. The van der Waals surface area contributed by atoms with Gasteiger partial charge in [0.25, 0.3) is 0 Å². The van der Waals surface area contributed by atoms with E-state index in [-0.39, 0.29) is 42.4 Å². The summed E-state index contributed by atoms with van der Waals surface area (Å²) < 4.78 is 14.0. The quantitative estimate of drug-likeness (QED) is 0.315. The van der Waals surface area contributed by atoms with Crippen LogP contribution in [-0.4, -0.2) is 48.3 Å². The van der Waals surface area contributed by atoms with Gasteiger partial charge in [-0.05, 0) is 38.0 Å². The molecule has 1 aromatic carbocycles. The molecule has 8 heteroatoms. The van der Waals surface area contributed by atoms with E-state index in [0.717, 1.165) is 30.6 Å². The molecule has 2 unspecified atom stereocenters. The number of anilines is 1. The average molecular weight is 513 g/mol. The zero-order chi connectivity index (χ0) is 19.9. The molecular formula is C21H29FIN5O. The van der Waals surface area contributed by atoms with Crippen molar-refractivity contribution in [3.05, 3.63) is 59.5 Å². The number of aliphatic hydroxyl groups excluding tert-OH is 1. The SMILES string of the molecule is CCNC(=NCC(O)c1ccc(C)cc1)NC1CCN(c2ncccc2F)C1.I. The first-order valence-corrected chi connectivity index (χ1v) is 9.71. The molecule has 3 N–H and O–H groups in total. The van der Waals surface area contributed by atoms with Gasteiger partial charge in [-0.3, -0.25) is 4.99 Å². The number of nitrogens with zero attached hydrogens (tertiary/aromatic N) is 3. The van der Waals surface area contributed by atoms with E-state index in [4.69, 9.17) is 0 Å². The summed E-state index contributed by atoms with van der Waals surface area (Å²) in [6.07, 6.45) is 1.82. The number of rotatable bonds is 6. The van der Waals surface area contributed by atoms with Gasteiger partial charge in [0.1, 0.15) is 0 Å². The summed E-state index contributed by atoms with van der Waals surface area (Å²) in [6.45, 7) is 6.39. The Morgan fingerprint density at radius 3 is 2.79 bits per heavy atom. The Labute approximate surface area is 188 Å². The molecule has 158 valence electrons. The smallest absolute Gasteiger partial charge is 0.191 e. The van der Waals surface area contributed by atoms with Crippen LogP contribution in [0, 0.1) is 12.7 Å². The molecule has 2 aromatic rings. The van der Waals surface area contributed by atoms with Crippen molar-refractivity contribution >= 4 is 35.8 Å². The maximum Gasteiger partial charge on any atom is 0.191 e. The predicted molar refractivity (Wildman–Crippen MR) is 125 cm³/mol. The van der Waals surface area contributed by atoms with Crippen LogP contribution >= 0.6 is 24.0 Å². The van der Waals surface area contributed by atoms with Crippen molar-refractivity contribution in [3.8, 4) is 0 Å². The zero-order valence-corrected chi connectivity index (χ0v) is 19.1. The molecule has 1 aliphatic heterocycles. The van der Waals surface area contributed by atoms with Crippen molar-refractivity contribution in [2.24, 2.45) is 4.99 Å². The number of pyridine rings is 1. The Bertz CT molecular complexity index is 802. The van der Waals surface area contributed by atoms with Crippen LogP contribution in [0.15, 0.2) is 47.6 Å². The molecule has 0 spiro atoms. The van der Waals surface area contributed by atoms with Crippen molar-refractivity contribution in [2.75, 3.05) is 31.1 Å². The van der Waals surface area contributed by atoms with Crippen LogP contribution in [0.2, 0.25) is 0 Å². The highest BCUT2D eigenvalue weighted by atomic mass is 127. The second-order valence-electron chi connectivity index (χ2n) is 7.03. The van der Waals surface area contributed by atoms with Crippen molar-refractivity contribution in [2.45, 2.75) is 32.4 Å². The fraction of sp³-hybridized carbons (Fsp3) is 0.429. The third-order valence-corrected chi connectivity index (χ3v) is 4.80. The number of nitrogens with one attached hydrogen (secondary N) is 2. The van der Waals surface area contributed by atoms with Crippen LogP contribution in [0.25, 0.3) is 0 Å². The average Bonchev–Trinajstić information content (AvgIpc) is 3.15. The second-order valence-corrected chi connectivity index (χ2v) is 7.03. The molecule has 0 aliphatic carbocycles. The van der Waals surface area contributed by atoms with E-state index in [1.807, 2.05) is 43.0 Å². The highest BCUT2D eigenvalue weighted by Gasteiger charge is 2.26. The van der Waals surface area contributed by atoms with Crippen LogP contribution in [-0.2, 0) is 0 Å². The standard InChI is InChI=1S/C21H28FN5O.HI/c1-3-23-21(25-13-19(28)16-8-6-15(2)7-9-16)26-17-10-12-27(14-17)20-18(22)5-4-11-24-20;/h4-9,11,17,19,28H,3,10,12-14H2,1-2H3,(H2,23,25,26);1H. The third kappa shape index (κ3) is 6.53. The minimum absolute atomic E-state index is 0. The van der Waals surface area contributed by atoms with Gasteiger partial charge in [-0.15, -0.1) is 24.0 Å². The van der Waals surface area contributed by atoms with Crippen molar-refractivity contribution < 1.29 is 9.50 Å². The summed E-state index contributed by atoms with van der Waals surface area (Å²) in [7, 11) is 0. The van der Waals surface area contributed by atoms with Gasteiger partial charge < -0.3 is 20.6 Å². The second kappa shape index (κ2) is 11.3. The molecule has 6 nitrogen and oxygen atoms in total. The summed E-state index contributed by atoms with van der Waals surface area (Å²) in [4.78, 5) is 10.6. The zero-order valence-electron chi connectivity index (χ0n) is 16.8. The molecule has 2 heterocycles. The number of aliphatic hydroxyl groups is 1. The lowest BCUT2D eigenvalue weighted by Crippen LogP contribution is -2.45. The van der Waals surface area contributed by atoms with E-state index >= 15 is 0 Å². The molecular weight excluding hydrogens is 484 g/mol. The summed E-state index contributed by atoms with van der Waals surface area (Å²) >= 11 is 0. The Morgan fingerprint density at radius 1 is 1.34 bits per heavy atom. The number of benzene rings is 1. The lowest BCUT2D eigenvalue weighted by Gasteiger charge is -2.20. The maximum absolute atomic E-state index is 14.0. The van der Waals surface area contributed by atoms with Crippen LogP contribution in [0.5, 0.6) is 0 Å². The van der Waals surface area contributed by atoms with Gasteiger partial charge in [-0.2, -0.15) is 0 Å². The predicted octanol–water partition coefficient (Wildman–Crippen LogP) is 3.01. The van der Waals surface area contributed by atoms with Crippen molar-refractivity contribution in [3.63, 3.8) is 0 Å².